The van der Waals surface area contributed by atoms with Crippen LogP contribution in [0.1, 0.15) is 32.8 Å². The third-order valence-electron chi connectivity index (χ3n) is 3.98. The fraction of sp³-hybridized carbons (Fsp3) is 0.647. The number of benzene rings is 1. The second-order valence-corrected chi connectivity index (χ2v) is 6.15. The predicted molar refractivity (Wildman–Crippen MR) is 87.3 cm³/mol. The van der Waals surface area contributed by atoms with Gasteiger partial charge in [0.1, 0.15) is 5.82 Å². The van der Waals surface area contributed by atoms with Crippen molar-refractivity contribution in [3.05, 3.63) is 29.6 Å². The number of nitrogens with zero attached hydrogens (tertiary/aromatic N) is 2. The number of rotatable bonds is 6. The lowest BCUT2D eigenvalue weighted by Crippen LogP contribution is -2.46. The SMILES string of the molecule is CCCN1CCN(c2ccc(CNC(C)C)cc2F)CC1. The fourth-order valence-corrected chi connectivity index (χ4v) is 2.77. The van der Waals surface area contributed by atoms with Gasteiger partial charge >= 0.3 is 0 Å². The molecule has 1 aliphatic rings. The van der Waals surface area contributed by atoms with Crippen molar-refractivity contribution in [2.24, 2.45) is 0 Å². The van der Waals surface area contributed by atoms with Gasteiger partial charge in [-0.15, -0.1) is 0 Å². The Kier molecular flexibility index (Phi) is 6.00. The average molecular weight is 293 g/mol. The van der Waals surface area contributed by atoms with Crippen molar-refractivity contribution in [3.63, 3.8) is 0 Å². The summed E-state index contributed by atoms with van der Waals surface area (Å²) in [7, 11) is 0. The summed E-state index contributed by atoms with van der Waals surface area (Å²) < 4.78 is 14.3. The average Bonchev–Trinajstić information content (AvgIpc) is 2.47. The molecule has 0 amide bonds. The number of halogens is 1. The Hall–Kier alpha value is -1.13. The van der Waals surface area contributed by atoms with Gasteiger partial charge in [-0.3, -0.25) is 4.90 Å². The Bertz CT molecular complexity index is 440. The highest BCUT2D eigenvalue weighted by atomic mass is 19.1. The van der Waals surface area contributed by atoms with Crippen molar-refractivity contribution >= 4 is 5.69 Å². The van der Waals surface area contributed by atoms with Gasteiger partial charge in [0, 0.05) is 38.8 Å². The van der Waals surface area contributed by atoms with E-state index in [0.29, 0.717) is 6.04 Å². The lowest BCUT2D eigenvalue weighted by atomic mass is 10.1. The lowest BCUT2D eigenvalue weighted by molar-refractivity contribution is 0.258. The highest BCUT2D eigenvalue weighted by molar-refractivity contribution is 5.49. The van der Waals surface area contributed by atoms with Gasteiger partial charge in [0.25, 0.3) is 0 Å². The van der Waals surface area contributed by atoms with E-state index in [4.69, 9.17) is 0 Å². The molecule has 0 bridgehead atoms. The molecule has 0 atom stereocenters. The molecule has 0 aliphatic carbocycles. The molecule has 0 aromatic heterocycles. The van der Waals surface area contributed by atoms with Crippen molar-refractivity contribution in [3.8, 4) is 0 Å². The molecule has 0 radical (unpaired) electrons. The first-order valence-corrected chi connectivity index (χ1v) is 8.09. The molecule has 1 aromatic carbocycles. The van der Waals surface area contributed by atoms with Gasteiger partial charge in [-0.05, 0) is 30.7 Å². The molecule has 1 aromatic rings. The first-order chi connectivity index (χ1) is 10.1. The van der Waals surface area contributed by atoms with Gasteiger partial charge in [0.05, 0.1) is 5.69 Å². The van der Waals surface area contributed by atoms with E-state index in [1.54, 1.807) is 6.07 Å². The zero-order valence-corrected chi connectivity index (χ0v) is 13.5. The second-order valence-electron chi connectivity index (χ2n) is 6.15. The van der Waals surface area contributed by atoms with Crippen molar-refractivity contribution in [2.75, 3.05) is 37.6 Å². The van der Waals surface area contributed by atoms with Gasteiger partial charge in [0.2, 0.25) is 0 Å². The van der Waals surface area contributed by atoms with E-state index in [-0.39, 0.29) is 5.82 Å². The minimum Gasteiger partial charge on any atom is -0.367 e. The Morgan fingerprint density at radius 3 is 2.48 bits per heavy atom. The molecule has 118 valence electrons. The molecule has 1 heterocycles. The highest BCUT2D eigenvalue weighted by Crippen LogP contribution is 2.22. The summed E-state index contributed by atoms with van der Waals surface area (Å²) in [5.74, 6) is -0.0954. The molecule has 21 heavy (non-hydrogen) atoms. The van der Waals surface area contributed by atoms with Crippen LogP contribution < -0.4 is 10.2 Å². The second kappa shape index (κ2) is 7.76. The summed E-state index contributed by atoms with van der Waals surface area (Å²) in [4.78, 5) is 4.62. The van der Waals surface area contributed by atoms with Crippen LogP contribution in [-0.4, -0.2) is 43.7 Å². The van der Waals surface area contributed by atoms with E-state index in [2.05, 4.69) is 35.9 Å². The van der Waals surface area contributed by atoms with Gasteiger partial charge in [-0.25, -0.2) is 4.39 Å². The molecule has 0 unspecified atom stereocenters. The molecule has 3 nitrogen and oxygen atoms in total. The maximum absolute atomic E-state index is 14.3. The Morgan fingerprint density at radius 1 is 1.19 bits per heavy atom. The van der Waals surface area contributed by atoms with Gasteiger partial charge in [-0.2, -0.15) is 0 Å². The summed E-state index contributed by atoms with van der Waals surface area (Å²) in [5.41, 5.74) is 1.76. The molecule has 1 N–H and O–H groups in total. The minimum atomic E-state index is -0.0954. The smallest absolute Gasteiger partial charge is 0.146 e. The van der Waals surface area contributed by atoms with Crippen LogP contribution in [0.4, 0.5) is 10.1 Å². The van der Waals surface area contributed by atoms with Crippen LogP contribution in [0, 0.1) is 5.82 Å². The molecule has 1 aliphatic heterocycles. The molecule has 2 rings (SSSR count). The minimum absolute atomic E-state index is 0.0954. The summed E-state index contributed by atoms with van der Waals surface area (Å²) >= 11 is 0. The predicted octanol–water partition coefficient (Wildman–Crippen LogP) is 2.86. The van der Waals surface area contributed by atoms with Crippen LogP contribution in [0.2, 0.25) is 0 Å². The maximum atomic E-state index is 14.3. The Labute approximate surface area is 128 Å². The molecule has 4 heteroatoms. The summed E-state index contributed by atoms with van der Waals surface area (Å²) in [6.07, 6.45) is 1.19. The molecule has 0 saturated carbocycles. The molecule has 1 fully saturated rings. The third kappa shape index (κ3) is 4.68. The third-order valence-corrected chi connectivity index (χ3v) is 3.98. The number of hydrogen-bond acceptors (Lipinski definition) is 3. The summed E-state index contributed by atoms with van der Waals surface area (Å²) in [5, 5.41) is 3.32. The number of piperazine rings is 1. The van der Waals surface area contributed by atoms with Crippen molar-refractivity contribution in [1.29, 1.82) is 0 Å². The van der Waals surface area contributed by atoms with E-state index in [9.17, 15) is 4.39 Å². The summed E-state index contributed by atoms with van der Waals surface area (Å²) in [6, 6.07) is 6.05. The van der Waals surface area contributed by atoms with Gasteiger partial charge in [0.15, 0.2) is 0 Å². The zero-order valence-electron chi connectivity index (χ0n) is 13.5. The van der Waals surface area contributed by atoms with E-state index in [0.717, 1.165) is 50.5 Å². The zero-order chi connectivity index (χ0) is 15.2. The topological polar surface area (TPSA) is 18.5 Å². The molecular formula is C17H28FN3. The fourth-order valence-electron chi connectivity index (χ4n) is 2.77. The van der Waals surface area contributed by atoms with E-state index in [1.165, 1.54) is 6.42 Å². The Morgan fingerprint density at radius 2 is 1.90 bits per heavy atom. The van der Waals surface area contributed by atoms with E-state index in [1.807, 2.05) is 12.1 Å². The van der Waals surface area contributed by atoms with Crippen molar-refractivity contribution < 1.29 is 4.39 Å². The van der Waals surface area contributed by atoms with Crippen LogP contribution in [0.15, 0.2) is 18.2 Å². The number of hydrogen-bond donors (Lipinski definition) is 1. The molecule has 1 saturated heterocycles. The van der Waals surface area contributed by atoms with Crippen molar-refractivity contribution in [1.82, 2.24) is 10.2 Å². The standard InChI is InChI=1S/C17H28FN3/c1-4-7-20-8-10-21(11-9-20)17-6-5-15(12-16(17)18)13-19-14(2)3/h5-6,12,14,19H,4,7-11,13H2,1-3H3. The van der Waals surface area contributed by atoms with E-state index >= 15 is 0 Å². The quantitative estimate of drug-likeness (QED) is 0.870. The lowest BCUT2D eigenvalue weighted by Gasteiger charge is -2.36. The van der Waals surface area contributed by atoms with Crippen LogP contribution in [0.5, 0.6) is 0 Å². The normalized spacial score (nSPS) is 16.7. The maximum Gasteiger partial charge on any atom is 0.146 e. The van der Waals surface area contributed by atoms with Crippen LogP contribution in [-0.2, 0) is 6.54 Å². The highest BCUT2D eigenvalue weighted by Gasteiger charge is 2.18. The number of nitrogens with one attached hydrogen (secondary N) is 1. The largest absolute Gasteiger partial charge is 0.367 e. The first-order valence-electron chi connectivity index (χ1n) is 8.09. The van der Waals surface area contributed by atoms with Gasteiger partial charge < -0.3 is 10.2 Å². The van der Waals surface area contributed by atoms with Gasteiger partial charge in [-0.1, -0.05) is 26.8 Å². The van der Waals surface area contributed by atoms with Crippen LogP contribution in [0.25, 0.3) is 0 Å². The van der Waals surface area contributed by atoms with Crippen molar-refractivity contribution in [2.45, 2.75) is 39.8 Å². The molecular weight excluding hydrogens is 265 g/mol. The van der Waals surface area contributed by atoms with Crippen LogP contribution in [0.3, 0.4) is 0 Å². The molecule has 0 spiro atoms. The number of anilines is 1. The van der Waals surface area contributed by atoms with Crippen LogP contribution >= 0.6 is 0 Å². The Balaban J connectivity index is 1.95. The van der Waals surface area contributed by atoms with E-state index < -0.39 is 0 Å². The first kappa shape index (κ1) is 16.2. The monoisotopic (exact) mass is 293 g/mol. The summed E-state index contributed by atoms with van der Waals surface area (Å²) in [6.45, 7) is 12.2.